The molecule has 0 aromatic rings. The number of hydrogen-bond acceptors (Lipinski definition) is 15. The maximum absolute atomic E-state index is 13.1. The molecule has 5 atom stereocenters. The summed E-state index contributed by atoms with van der Waals surface area (Å²) in [7, 11) is -9.95. The molecule has 0 aliphatic rings. The van der Waals surface area contributed by atoms with Gasteiger partial charge in [0.2, 0.25) is 0 Å². The first kappa shape index (κ1) is 92.2. The molecule has 5 unspecified atom stereocenters. The molecular formula is C77H136O17P2. The number of carbonyl (C=O) groups excluding carboxylic acids is 4. The van der Waals surface area contributed by atoms with Crippen molar-refractivity contribution in [2.24, 2.45) is 0 Å². The van der Waals surface area contributed by atoms with Crippen molar-refractivity contribution in [3.05, 3.63) is 85.1 Å². The van der Waals surface area contributed by atoms with Crippen LogP contribution in [-0.2, 0) is 65.4 Å². The fraction of sp³-hybridized carbons (Fsp3) is 0.766. The maximum Gasteiger partial charge on any atom is 0.472 e. The lowest BCUT2D eigenvalue weighted by Crippen LogP contribution is -2.30. The van der Waals surface area contributed by atoms with E-state index in [-0.39, 0.29) is 25.7 Å². The zero-order valence-electron chi connectivity index (χ0n) is 60.5. The van der Waals surface area contributed by atoms with E-state index in [0.717, 1.165) is 186 Å². The van der Waals surface area contributed by atoms with Crippen molar-refractivity contribution < 1.29 is 80.2 Å². The van der Waals surface area contributed by atoms with Crippen molar-refractivity contribution in [3.63, 3.8) is 0 Å². The molecule has 0 heterocycles. The van der Waals surface area contributed by atoms with Crippen LogP contribution in [0.2, 0.25) is 0 Å². The van der Waals surface area contributed by atoms with E-state index in [1.165, 1.54) is 57.8 Å². The maximum atomic E-state index is 13.1. The molecule has 17 nitrogen and oxygen atoms in total. The highest BCUT2D eigenvalue weighted by molar-refractivity contribution is 7.47. The lowest BCUT2D eigenvalue weighted by molar-refractivity contribution is -0.161. The number of ether oxygens (including phenoxy) is 4. The van der Waals surface area contributed by atoms with Gasteiger partial charge in [-0.05, 0) is 135 Å². The van der Waals surface area contributed by atoms with Crippen LogP contribution >= 0.6 is 15.6 Å². The van der Waals surface area contributed by atoms with Gasteiger partial charge in [-0.3, -0.25) is 37.3 Å². The normalized spacial score (nSPS) is 14.4. The zero-order valence-corrected chi connectivity index (χ0v) is 62.3. The van der Waals surface area contributed by atoms with Gasteiger partial charge in [-0.25, -0.2) is 9.13 Å². The van der Waals surface area contributed by atoms with Crippen LogP contribution in [0, 0.1) is 0 Å². The van der Waals surface area contributed by atoms with Gasteiger partial charge < -0.3 is 33.8 Å². The smallest absolute Gasteiger partial charge is 0.462 e. The predicted molar refractivity (Wildman–Crippen MR) is 390 cm³/mol. The number of phosphoric acid groups is 2. The fourth-order valence-corrected chi connectivity index (χ4v) is 11.5. The van der Waals surface area contributed by atoms with Gasteiger partial charge in [-0.15, -0.1) is 0 Å². The molecule has 96 heavy (non-hydrogen) atoms. The highest BCUT2D eigenvalue weighted by Crippen LogP contribution is 2.45. The number of aliphatic hydroxyl groups is 1. The molecule has 3 N–H and O–H groups in total. The second-order valence-corrected chi connectivity index (χ2v) is 28.1. The largest absolute Gasteiger partial charge is 0.472 e. The van der Waals surface area contributed by atoms with E-state index in [1.54, 1.807) is 0 Å². The number of esters is 4. The highest BCUT2D eigenvalue weighted by Gasteiger charge is 2.30. The van der Waals surface area contributed by atoms with Gasteiger partial charge in [0.15, 0.2) is 12.2 Å². The van der Waals surface area contributed by atoms with E-state index in [9.17, 15) is 43.2 Å². The summed E-state index contributed by atoms with van der Waals surface area (Å²) in [5.74, 6) is -2.22. The molecule has 0 rings (SSSR count). The second kappa shape index (κ2) is 69.7. The number of phosphoric ester groups is 2. The van der Waals surface area contributed by atoms with Gasteiger partial charge in [0, 0.05) is 25.7 Å². The number of unbranched alkanes of at least 4 members (excludes halogenated alkanes) is 31. The minimum atomic E-state index is -4.98. The molecule has 556 valence electrons. The first-order valence-electron chi connectivity index (χ1n) is 37.8. The molecule has 0 aliphatic heterocycles. The minimum absolute atomic E-state index is 0.0761. The third-order valence-corrected chi connectivity index (χ3v) is 17.7. The van der Waals surface area contributed by atoms with Crippen molar-refractivity contribution >= 4 is 39.5 Å². The zero-order chi connectivity index (χ0) is 70.4. The highest BCUT2D eigenvalue weighted by atomic mass is 31.2. The minimum Gasteiger partial charge on any atom is -0.462 e. The Bertz CT molecular complexity index is 2160. The molecule has 0 aliphatic carbocycles. The van der Waals surface area contributed by atoms with Crippen molar-refractivity contribution in [3.8, 4) is 0 Å². The SMILES string of the molecule is CCC/C=C\C/C=C\CCCCCCCC(=O)OCC(COP(=O)(O)OCC(O)COP(=O)(O)OCC(COC(=O)CCCCCCC/C=C\C/C=C\CCCCC)OC(=O)CCCCCCC/C=C\CCCCCCCC)OC(=O)CCCCCCC/C=C\C/C=C\CCC. The van der Waals surface area contributed by atoms with Gasteiger partial charge >= 0.3 is 39.5 Å². The number of hydrogen-bond donors (Lipinski definition) is 3. The van der Waals surface area contributed by atoms with Crippen LogP contribution in [0.1, 0.15) is 323 Å². The summed E-state index contributed by atoms with van der Waals surface area (Å²) >= 11 is 0. The summed E-state index contributed by atoms with van der Waals surface area (Å²) in [6.45, 7) is 4.68. The summed E-state index contributed by atoms with van der Waals surface area (Å²) in [5, 5.41) is 10.6. The Labute approximate surface area is 583 Å². The fourth-order valence-electron chi connectivity index (χ4n) is 9.97. The summed E-state index contributed by atoms with van der Waals surface area (Å²) in [4.78, 5) is 72.8. The summed E-state index contributed by atoms with van der Waals surface area (Å²) in [6, 6.07) is 0. The molecule has 0 spiro atoms. The predicted octanol–water partition coefficient (Wildman–Crippen LogP) is 21.4. The lowest BCUT2D eigenvalue weighted by Gasteiger charge is -2.21. The van der Waals surface area contributed by atoms with E-state index >= 15 is 0 Å². The first-order valence-corrected chi connectivity index (χ1v) is 40.8. The Morgan fingerprint density at radius 2 is 0.531 bits per heavy atom. The molecule has 0 saturated heterocycles. The summed E-state index contributed by atoms with van der Waals surface area (Å²) in [6.07, 6.45) is 70.0. The van der Waals surface area contributed by atoms with Crippen LogP contribution in [0.4, 0.5) is 0 Å². The number of allylic oxidation sites excluding steroid dienone is 14. The van der Waals surface area contributed by atoms with Gasteiger partial charge in [-0.2, -0.15) is 0 Å². The lowest BCUT2D eigenvalue weighted by atomic mass is 10.1. The van der Waals surface area contributed by atoms with Crippen LogP contribution in [0.3, 0.4) is 0 Å². The third kappa shape index (κ3) is 68.8. The number of carbonyl (C=O) groups is 4. The molecule has 0 saturated carbocycles. The van der Waals surface area contributed by atoms with Crippen LogP contribution in [0.5, 0.6) is 0 Å². The second-order valence-electron chi connectivity index (χ2n) is 25.2. The Morgan fingerprint density at radius 1 is 0.292 bits per heavy atom. The average Bonchev–Trinajstić information content (AvgIpc) is 1.17. The van der Waals surface area contributed by atoms with E-state index < -0.39 is 97.5 Å². The summed E-state index contributed by atoms with van der Waals surface area (Å²) in [5.41, 5.74) is 0. The van der Waals surface area contributed by atoms with Crippen LogP contribution < -0.4 is 0 Å². The monoisotopic (exact) mass is 1390 g/mol. The third-order valence-electron chi connectivity index (χ3n) is 15.8. The van der Waals surface area contributed by atoms with E-state index in [1.807, 2.05) is 0 Å². The Balaban J connectivity index is 5.36. The number of aliphatic hydroxyl groups excluding tert-OH is 1. The van der Waals surface area contributed by atoms with Crippen molar-refractivity contribution in [1.29, 1.82) is 0 Å². The molecular weight excluding hydrogens is 1260 g/mol. The van der Waals surface area contributed by atoms with Crippen molar-refractivity contribution in [2.45, 2.75) is 341 Å². The summed E-state index contributed by atoms with van der Waals surface area (Å²) < 4.78 is 68.4. The van der Waals surface area contributed by atoms with E-state index in [2.05, 4.69) is 113 Å². The Hall–Kier alpha value is -3.76. The Morgan fingerprint density at radius 3 is 0.844 bits per heavy atom. The van der Waals surface area contributed by atoms with Gasteiger partial charge in [-0.1, -0.05) is 248 Å². The van der Waals surface area contributed by atoms with Crippen LogP contribution in [-0.4, -0.2) is 96.7 Å². The molecule has 0 amide bonds. The molecule has 0 aromatic carbocycles. The van der Waals surface area contributed by atoms with E-state index in [4.69, 9.17) is 37.0 Å². The van der Waals surface area contributed by atoms with Crippen molar-refractivity contribution in [2.75, 3.05) is 39.6 Å². The molecule has 0 radical (unpaired) electrons. The molecule has 0 fully saturated rings. The van der Waals surface area contributed by atoms with Gasteiger partial charge in [0.05, 0.1) is 26.4 Å². The van der Waals surface area contributed by atoms with Crippen LogP contribution in [0.25, 0.3) is 0 Å². The Kier molecular flexibility index (Phi) is 67.0. The molecule has 0 aromatic heterocycles. The molecule has 19 heteroatoms. The van der Waals surface area contributed by atoms with Crippen molar-refractivity contribution in [1.82, 2.24) is 0 Å². The quantitative estimate of drug-likeness (QED) is 0.0169. The standard InChI is InChI=1S/C77H136O17P2/c1-5-9-13-17-21-25-29-33-35-39-42-46-50-54-58-62-75(80)88-68-73(94-77(82)64-60-56-52-48-44-40-36-34-30-26-22-18-14-10-6-2)70-92-96(85,86)90-66-71(78)65-89-95(83,84)91-69-72(93-76(81)63-59-55-51-47-43-38-32-28-24-20-16-12-8-4)67-87-74(79)61-57-53-49-45-41-37-31-27-23-19-15-11-7-3/h15-16,19-21,25,27-28,31-36,71-73,78H,5-14,17-18,22-24,26,29-30,37-70H2,1-4H3,(H,83,84)(H,85,86)/b19-15-,20-16-,25-21-,31-27-,32-28-,35-33-,36-34-. The first-order chi connectivity index (χ1) is 46.7. The molecule has 0 bridgehead atoms. The number of rotatable bonds is 71. The van der Waals surface area contributed by atoms with Gasteiger partial charge in [0.25, 0.3) is 0 Å². The van der Waals surface area contributed by atoms with Crippen LogP contribution in [0.15, 0.2) is 85.1 Å². The average molecular weight is 1400 g/mol. The topological polar surface area (TPSA) is 237 Å². The van der Waals surface area contributed by atoms with Gasteiger partial charge in [0.1, 0.15) is 19.3 Å². The van der Waals surface area contributed by atoms with E-state index in [0.29, 0.717) is 25.7 Å².